The molecule has 0 bridgehead atoms. The Labute approximate surface area is 367 Å². The minimum Gasteiger partial charge on any atom is -0.493 e. The van der Waals surface area contributed by atoms with Crippen LogP contribution in [0.3, 0.4) is 0 Å². The molecule has 0 aliphatic carbocycles. The first kappa shape index (κ1) is 45.0. The first-order chi connectivity index (χ1) is 30.5. The molecule has 1 aromatic heterocycles. The fourth-order valence-electron chi connectivity index (χ4n) is 6.64. The molecule has 15 heteroatoms. The predicted molar refractivity (Wildman–Crippen MR) is 248 cm³/mol. The third-order valence-electron chi connectivity index (χ3n) is 9.78. The summed E-state index contributed by atoms with van der Waals surface area (Å²) in [5.41, 5.74) is 4.04. The zero-order valence-corrected chi connectivity index (χ0v) is 37.2. The third-order valence-corrected chi connectivity index (χ3v) is 12.6. The van der Waals surface area contributed by atoms with Gasteiger partial charge in [-0.2, -0.15) is 15.0 Å². The Bertz CT molecular complexity index is 2480. The van der Waals surface area contributed by atoms with E-state index in [-0.39, 0.29) is 23.4 Å². The van der Waals surface area contributed by atoms with Crippen LogP contribution in [0.2, 0.25) is 0 Å². The van der Waals surface area contributed by atoms with Crippen molar-refractivity contribution in [3.05, 3.63) is 150 Å². The topological polar surface area (TPSA) is 164 Å². The molecule has 7 rings (SSSR count). The lowest BCUT2D eigenvalue weighted by molar-refractivity contribution is 0.107. The third kappa shape index (κ3) is 10.5. The summed E-state index contributed by atoms with van der Waals surface area (Å²) in [4.78, 5) is 27.1. The summed E-state index contributed by atoms with van der Waals surface area (Å²) in [5.74, 6) is 4.33. The maximum atomic E-state index is 14.1. The smallest absolute Gasteiger partial charge is 0.233 e. The zero-order chi connectivity index (χ0) is 44.9. The summed E-state index contributed by atoms with van der Waals surface area (Å²) in [5, 5.41) is 10.7. The van der Waals surface area contributed by atoms with Crippen LogP contribution in [0, 0.1) is 13.8 Å². The van der Waals surface area contributed by atoms with Gasteiger partial charge < -0.3 is 48.9 Å². The van der Waals surface area contributed by atoms with Crippen LogP contribution in [-0.2, 0) is 4.57 Å². The van der Waals surface area contributed by atoms with Crippen LogP contribution in [0.25, 0.3) is 0 Å². The van der Waals surface area contributed by atoms with E-state index in [0.717, 1.165) is 11.1 Å². The number of aryl methyl sites for hydroxylation is 2. The molecule has 14 nitrogen and oxygen atoms in total. The minimum atomic E-state index is -3.43. The summed E-state index contributed by atoms with van der Waals surface area (Å²) < 4.78 is 46.3. The van der Waals surface area contributed by atoms with Crippen LogP contribution in [0.15, 0.2) is 133 Å². The molecule has 0 amide bonds. The predicted octanol–water partition coefficient (Wildman–Crippen LogP) is 9.61. The van der Waals surface area contributed by atoms with Crippen molar-refractivity contribution in [2.75, 3.05) is 58.6 Å². The number of methoxy groups -OCH3 is 6. The summed E-state index contributed by atoms with van der Waals surface area (Å²) in [7, 11) is 6.02. The number of hydrogen-bond donors (Lipinski definition) is 3. The second-order valence-corrected chi connectivity index (χ2v) is 16.4. The Balaban J connectivity index is 0.000000235. The first-order valence-corrected chi connectivity index (χ1v) is 21.3. The summed E-state index contributed by atoms with van der Waals surface area (Å²) >= 11 is 0. The molecule has 0 atom stereocenters. The standard InChI is InChI=1S/C27H30N6O6.C21H19O2P/c1-34-19-10-7-16(13-22(19)37-4)28-25-31-26(29-17-8-11-20(35-2)23(14-17)38-5)33-27(32-25)30-18-9-12-21(36-3)24(15-18)39-6;1-16-10-9-11-17(2)20(16)21(22)24(23,18-12-5-3-6-13-18)19-14-7-4-8-15-19/h7-15H,1-6H3,(H3,28,29,30,31,32,33);3-15H,1-2H3. The van der Waals surface area contributed by atoms with Gasteiger partial charge in [0.15, 0.2) is 34.5 Å². The quantitative estimate of drug-likeness (QED) is 0.0787. The number of hydrogen-bond acceptors (Lipinski definition) is 14. The number of nitrogens with zero attached hydrogens (tertiary/aromatic N) is 3. The van der Waals surface area contributed by atoms with Gasteiger partial charge in [-0.3, -0.25) is 4.79 Å². The number of ether oxygens (including phenoxy) is 6. The number of anilines is 6. The highest BCUT2D eigenvalue weighted by Crippen LogP contribution is 2.48. The zero-order valence-electron chi connectivity index (χ0n) is 36.3. The van der Waals surface area contributed by atoms with Gasteiger partial charge in [0.25, 0.3) is 0 Å². The summed E-state index contributed by atoms with van der Waals surface area (Å²) in [6, 6.07) is 40.0. The Hall–Kier alpha value is -7.57. The SMILES string of the molecule is COc1ccc(Nc2nc(Nc3ccc(OC)c(OC)c3)nc(Nc3ccc(OC)c(OC)c3)n2)cc1OC.Cc1cccc(C)c1C(=O)P(=O)(c1ccccc1)c1ccccc1. The molecule has 0 aliphatic rings. The van der Waals surface area contributed by atoms with E-state index >= 15 is 0 Å². The van der Waals surface area contributed by atoms with Crippen molar-refractivity contribution >= 4 is 58.2 Å². The maximum Gasteiger partial charge on any atom is 0.233 e. The number of rotatable bonds is 16. The number of carbonyl (C=O) groups is 1. The Morgan fingerprint density at radius 2 is 0.746 bits per heavy atom. The highest BCUT2D eigenvalue weighted by molar-refractivity contribution is 7.93. The van der Waals surface area contributed by atoms with Gasteiger partial charge in [-0.1, -0.05) is 78.9 Å². The molecule has 0 radical (unpaired) electrons. The monoisotopic (exact) mass is 868 g/mol. The number of nitrogens with one attached hydrogen (secondary N) is 3. The molecule has 0 aliphatic heterocycles. The number of carbonyl (C=O) groups excluding carboxylic acids is 1. The normalized spacial score (nSPS) is 10.7. The van der Waals surface area contributed by atoms with E-state index in [0.29, 0.717) is 67.7 Å². The highest BCUT2D eigenvalue weighted by atomic mass is 31.2. The van der Waals surface area contributed by atoms with Crippen molar-refractivity contribution in [3.63, 3.8) is 0 Å². The van der Waals surface area contributed by atoms with Crippen LogP contribution in [-0.4, -0.2) is 63.1 Å². The van der Waals surface area contributed by atoms with E-state index in [4.69, 9.17) is 28.4 Å². The lowest BCUT2D eigenvalue weighted by atomic mass is 10.0. The van der Waals surface area contributed by atoms with E-state index in [9.17, 15) is 9.36 Å². The molecular formula is C48H49N6O8P. The summed E-state index contributed by atoms with van der Waals surface area (Å²) in [6.45, 7) is 3.78. The van der Waals surface area contributed by atoms with E-state index in [2.05, 4.69) is 30.9 Å². The van der Waals surface area contributed by atoms with Crippen LogP contribution < -0.4 is 55.0 Å². The van der Waals surface area contributed by atoms with Crippen molar-refractivity contribution in [1.29, 1.82) is 0 Å². The van der Waals surface area contributed by atoms with Crippen molar-refractivity contribution in [3.8, 4) is 34.5 Å². The lowest BCUT2D eigenvalue weighted by Crippen LogP contribution is -2.23. The van der Waals surface area contributed by atoms with Crippen LogP contribution in [0.1, 0.15) is 21.5 Å². The van der Waals surface area contributed by atoms with Crippen LogP contribution in [0.5, 0.6) is 34.5 Å². The van der Waals surface area contributed by atoms with Crippen molar-refractivity contribution in [2.45, 2.75) is 13.8 Å². The second-order valence-electron chi connectivity index (χ2n) is 13.7. The highest BCUT2D eigenvalue weighted by Gasteiger charge is 2.37. The largest absolute Gasteiger partial charge is 0.493 e. The van der Waals surface area contributed by atoms with Crippen LogP contribution >= 0.6 is 7.14 Å². The Morgan fingerprint density at radius 3 is 1.05 bits per heavy atom. The molecule has 1 heterocycles. The fourth-order valence-corrected chi connectivity index (χ4v) is 9.26. The molecular weight excluding hydrogens is 820 g/mol. The number of aromatic nitrogens is 3. The van der Waals surface area contributed by atoms with Crippen LogP contribution in [0.4, 0.5) is 34.9 Å². The van der Waals surface area contributed by atoms with Gasteiger partial charge in [-0.15, -0.1) is 0 Å². The summed E-state index contributed by atoms with van der Waals surface area (Å²) in [6.07, 6.45) is 0. The van der Waals surface area contributed by atoms with Gasteiger partial charge in [0.2, 0.25) is 30.5 Å². The average Bonchev–Trinajstić information content (AvgIpc) is 3.31. The molecule has 0 spiro atoms. The van der Waals surface area contributed by atoms with Crippen molar-refractivity contribution < 1.29 is 37.8 Å². The molecule has 0 saturated heterocycles. The molecule has 63 heavy (non-hydrogen) atoms. The van der Waals surface area contributed by atoms with E-state index in [1.165, 1.54) is 0 Å². The molecule has 324 valence electrons. The van der Waals surface area contributed by atoms with Gasteiger partial charge in [-0.25, -0.2) is 0 Å². The Kier molecular flexibility index (Phi) is 14.8. The molecule has 0 fully saturated rings. The van der Waals surface area contributed by atoms with Gasteiger partial charge in [0, 0.05) is 51.4 Å². The van der Waals surface area contributed by atoms with Crippen molar-refractivity contribution in [1.82, 2.24) is 15.0 Å². The molecule has 7 aromatic rings. The average molecular weight is 869 g/mol. The van der Waals surface area contributed by atoms with E-state index in [1.54, 1.807) is 103 Å². The molecule has 6 aromatic carbocycles. The van der Waals surface area contributed by atoms with Gasteiger partial charge in [0.1, 0.15) is 0 Å². The maximum absolute atomic E-state index is 14.1. The molecule has 3 N–H and O–H groups in total. The minimum absolute atomic E-state index is 0.281. The second kappa shape index (κ2) is 20.8. The van der Waals surface area contributed by atoms with Gasteiger partial charge in [-0.05, 0) is 61.4 Å². The number of benzene rings is 6. The van der Waals surface area contributed by atoms with Gasteiger partial charge >= 0.3 is 0 Å². The Morgan fingerprint density at radius 1 is 0.429 bits per heavy atom. The van der Waals surface area contributed by atoms with E-state index in [1.807, 2.05) is 86.6 Å². The fraction of sp³-hybridized carbons (Fsp3) is 0.167. The lowest BCUT2D eigenvalue weighted by Gasteiger charge is -2.20. The van der Waals surface area contributed by atoms with Gasteiger partial charge in [0.05, 0.1) is 42.7 Å². The molecule has 0 unspecified atom stereocenters. The van der Waals surface area contributed by atoms with E-state index < -0.39 is 7.14 Å². The molecule has 0 saturated carbocycles. The van der Waals surface area contributed by atoms with Crippen molar-refractivity contribution in [2.24, 2.45) is 0 Å². The first-order valence-electron chi connectivity index (χ1n) is 19.6.